The van der Waals surface area contributed by atoms with E-state index in [0.717, 1.165) is 11.9 Å². The van der Waals surface area contributed by atoms with Gasteiger partial charge in [0, 0.05) is 12.1 Å². The van der Waals surface area contributed by atoms with Gasteiger partial charge in [-0.15, -0.1) is 0 Å². The van der Waals surface area contributed by atoms with E-state index in [4.69, 9.17) is 5.73 Å². The van der Waals surface area contributed by atoms with Crippen molar-refractivity contribution in [1.82, 2.24) is 9.55 Å². The van der Waals surface area contributed by atoms with Gasteiger partial charge < -0.3 is 10.3 Å². The topological polar surface area (TPSA) is 43.8 Å². The van der Waals surface area contributed by atoms with Crippen molar-refractivity contribution in [2.45, 2.75) is 33.2 Å². The van der Waals surface area contributed by atoms with E-state index in [9.17, 15) is 4.39 Å². The maximum absolute atomic E-state index is 13.5. The van der Waals surface area contributed by atoms with Crippen LogP contribution in [-0.2, 0) is 0 Å². The molecule has 17 heavy (non-hydrogen) atoms. The Morgan fingerprint density at radius 2 is 2.12 bits per heavy atom. The zero-order chi connectivity index (χ0) is 12.4. The van der Waals surface area contributed by atoms with Crippen molar-refractivity contribution in [3.8, 4) is 0 Å². The van der Waals surface area contributed by atoms with Crippen molar-refractivity contribution in [2.75, 3.05) is 5.73 Å². The lowest BCUT2D eigenvalue weighted by Gasteiger charge is -2.08. The van der Waals surface area contributed by atoms with Gasteiger partial charge in [0.05, 0.1) is 11.0 Å². The van der Waals surface area contributed by atoms with Crippen molar-refractivity contribution in [2.24, 2.45) is 5.41 Å². The number of hydrogen-bond acceptors (Lipinski definition) is 2. The lowest BCUT2D eigenvalue weighted by molar-refractivity contribution is 0.553. The van der Waals surface area contributed by atoms with Crippen LogP contribution in [0.3, 0.4) is 0 Å². The summed E-state index contributed by atoms with van der Waals surface area (Å²) in [5.41, 5.74) is 8.44. The Morgan fingerprint density at radius 3 is 2.71 bits per heavy atom. The van der Waals surface area contributed by atoms with E-state index >= 15 is 0 Å². The zero-order valence-corrected chi connectivity index (χ0v) is 10.3. The highest BCUT2D eigenvalue weighted by Crippen LogP contribution is 2.57. The molecule has 1 aromatic carbocycles. The largest absolute Gasteiger partial charge is 0.369 e. The van der Waals surface area contributed by atoms with Crippen LogP contribution >= 0.6 is 0 Å². The van der Waals surface area contributed by atoms with Gasteiger partial charge in [0.2, 0.25) is 5.95 Å². The van der Waals surface area contributed by atoms with Crippen LogP contribution in [0, 0.1) is 18.2 Å². The molecule has 2 aromatic rings. The van der Waals surface area contributed by atoms with E-state index < -0.39 is 0 Å². The van der Waals surface area contributed by atoms with Gasteiger partial charge in [-0.05, 0) is 30.4 Å². The monoisotopic (exact) mass is 233 g/mol. The second kappa shape index (κ2) is 3.00. The quantitative estimate of drug-likeness (QED) is 0.822. The molecule has 1 saturated carbocycles. The highest BCUT2D eigenvalue weighted by atomic mass is 19.1. The summed E-state index contributed by atoms with van der Waals surface area (Å²) in [6.07, 6.45) is 1.10. The minimum atomic E-state index is -0.225. The summed E-state index contributed by atoms with van der Waals surface area (Å²) in [7, 11) is 0. The van der Waals surface area contributed by atoms with Crippen molar-refractivity contribution >= 4 is 17.0 Å². The number of nitrogen functional groups attached to an aromatic ring is 1. The fraction of sp³-hybridized carbons (Fsp3) is 0.462. The average molecular weight is 233 g/mol. The molecular weight excluding hydrogens is 217 g/mol. The Hall–Kier alpha value is -1.58. The summed E-state index contributed by atoms with van der Waals surface area (Å²) in [6, 6.07) is 3.69. The van der Waals surface area contributed by atoms with Gasteiger partial charge in [-0.2, -0.15) is 0 Å². The third kappa shape index (κ3) is 1.43. The number of nitrogens with two attached hydrogens (primary N) is 1. The number of halogens is 1. The maximum Gasteiger partial charge on any atom is 0.201 e. The van der Waals surface area contributed by atoms with Crippen LogP contribution in [0.1, 0.15) is 31.9 Å². The molecule has 3 nitrogen and oxygen atoms in total. The van der Waals surface area contributed by atoms with Gasteiger partial charge in [-0.1, -0.05) is 13.8 Å². The van der Waals surface area contributed by atoms with Crippen LogP contribution in [0.15, 0.2) is 12.1 Å². The molecule has 90 valence electrons. The lowest BCUT2D eigenvalue weighted by Crippen LogP contribution is -2.05. The third-order valence-corrected chi connectivity index (χ3v) is 3.77. The van der Waals surface area contributed by atoms with Crippen LogP contribution < -0.4 is 5.73 Å². The van der Waals surface area contributed by atoms with Gasteiger partial charge in [0.15, 0.2) is 0 Å². The predicted octanol–water partition coefficient (Wildman–Crippen LogP) is 3.04. The highest BCUT2D eigenvalue weighted by Gasteiger charge is 2.48. The van der Waals surface area contributed by atoms with Crippen LogP contribution in [0.4, 0.5) is 10.3 Å². The summed E-state index contributed by atoms with van der Waals surface area (Å²) < 4.78 is 15.5. The molecule has 3 rings (SSSR count). The molecule has 0 aliphatic heterocycles. The van der Waals surface area contributed by atoms with Crippen molar-refractivity contribution in [1.29, 1.82) is 0 Å². The number of hydrogen-bond donors (Lipinski definition) is 1. The molecule has 1 aromatic heterocycles. The number of aromatic nitrogens is 2. The molecule has 1 heterocycles. The number of aryl methyl sites for hydroxylation is 1. The first kappa shape index (κ1) is 10.6. The first-order valence-corrected chi connectivity index (χ1v) is 5.84. The molecule has 1 aliphatic rings. The number of nitrogens with zero attached hydrogens (tertiary/aromatic N) is 2. The minimum Gasteiger partial charge on any atom is -0.369 e. The Kier molecular flexibility index (Phi) is 1.86. The smallest absolute Gasteiger partial charge is 0.201 e. The van der Waals surface area contributed by atoms with E-state index in [2.05, 4.69) is 18.8 Å². The first-order valence-electron chi connectivity index (χ1n) is 5.84. The SMILES string of the molecule is Cc1cc2c(cc1F)nc(N)n2C1CC1(C)C. The predicted molar refractivity (Wildman–Crippen MR) is 66.3 cm³/mol. The second-order valence-electron chi connectivity index (χ2n) is 5.64. The Morgan fingerprint density at radius 1 is 1.47 bits per heavy atom. The molecular formula is C13H16FN3. The van der Waals surface area contributed by atoms with Gasteiger partial charge in [-0.3, -0.25) is 0 Å². The number of benzene rings is 1. The molecule has 0 bridgehead atoms. The molecule has 4 heteroatoms. The summed E-state index contributed by atoms with van der Waals surface area (Å²) in [4.78, 5) is 4.24. The maximum atomic E-state index is 13.5. The summed E-state index contributed by atoms with van der Waals surface area (Å²) >= 11 is 0. The summed E-state index contributed by atoms with van der Waals surface area (Å²) in [6.45, 7) is 6.18. The van der Waals surface area contributed by atoms with Crippen LogP contribution in [0.25, 0.3) is 11.0 Å². The van der Waals surface area contributed by atoms with Crippen LogP contribution in [-0.4, -0.2) is 9.55 Å². The van der Waals surface area contributed by atoms with Crippen LogP contribution in [0.2, 0.25) is 0 Å². The fourth-order valence-electron chi connectivity index (χ4n) is 2.45. The van der Waals surface area contributed by atoms with E-state index in [0.29, 0.717) is 23.1 Å². The molecule has 1 unspecified atom stereocenters. The van der Waals surface area contributed by atoms with Crippen molar-refractivity contribution in [3.63, 3.8) is 0 Å². The van der Waals surface area contributed by atoms with E-state index in [1.165, 1.54) is 6.07 Å². The number of imidazole rings is 1. The Bertz CT molecular complexity index is 613. The molecule has 1 fully saturated rings. The zero-order valence-electron chi connectivity index (χ0n) is 10.3. The van der Waals surface area contributed by atoms with Gasteiger partial charge in [0.1, 0.15) is 5.82 Å². The number of fused-ring (bicyclic) bond motifs is 1. The Balaban J connectivity index is 2.24. The molecule has 0 spiro atoms. The lowest BCUT2D eigenvalue weighted by atomic mass is 10.1. The van der Waals surface area contributed by atoms with Crippen molar-refractivity contribution in [3.05, 3.63) is 23.5 Å². The van der Waals surface area contributed by atoms with Gasteiger partial charge in [0.25, 0.3) is 0 Å². The normalized spacial score (nSPS) is 22.0. The van der Waals surface area contributed by atoms with E-state index in [1.54, 1.807) is 6.92 Å². The molecule has 2 N–H and O–H groups in total. The minimum absolute atomic E-state index is 0.225. The number of anilines is 1. The third-order valence-electron chi connectivity index (χ3n) is 3.77. The summed E-state index contributed by atoms with van der Waals surface area (Å²) in [5, 5.41) is 0. The summed E-state index contributed by atoms with van der Waals surface area (Å²) in [5.74, 6) is 0.262. The van der Waals surface area contributed by atoms with Gasteiger partial charge in [-0.25, -0.2) is 9.37 Å². The average Bonchev–Trinajstić information content (AvgIpc) is 2.70. The van der Waals surface area contributed by atoms with E-state index in [-0.39, 0.29) is 11.2 Å². The van der Waals surface area contributed by atoms with Crippen molar-refractivity contribution < 1.29 is 4.39 Å². The Labute approximate surface area is 99.4 Å². The van der Waals surface area contributed by atoms with E-state index in [1.807, 2.05) is 10.6 Å². The molecule has 1 aliphatic carbocycles. The first-order chi connectivity index (χ1) is 7.90. The molecule has 0 radical (unpaired) electrons. The van der Waals surface area contributed by atoms with Crippen LogP contribution in [0.5, 0.6) is 0 Å². The molecule has 0 saturated heterocycles. The highest BCUT2D eigenvalue weighted by molar-refractivity contribution is 5.79. The second-order valence-corrected chi connectivity index (χ2v) is 5.64. The number of rotatable bonds is 1. The molecule has 1 atom stereocenters. The standard InChI is InChI=1S/C13H16FN3/c1-7-4-10-9(5-8(7)14)16-12(15)17(10)11-6-13(11,2)3/h4-5,11H,6H2,1-3H3,(H2,15,16). The fourth-order valence-corrected chi connectivity index (χ4v) is 2.45. The molecule has 0 amide bonds. The van der Waals surface area contributed by atoms with Gasteiger partial charge >= 0.3 is 0 Å².